The molecule has 3 rings (SSSR count). The zero-order valence-electron chi connectivity index (χ0n) is 12.3. The minimum atomic E-state index is 0.267. The van der Waals surface area contributed by atoms with Gasteiger partial charge in [-0.15, -0.1) is 0 Å². The summed E-state index contributed by atoms with van der Waals surface area (Å²) in [5.74, 6) is 0. The molecule has 21 heavy (non-hydrogen) atoms. The van der Waals surface area contributed by atoms with Crippen molar-refractivity contribution in [3.63, 3.8) is 0 Å². The van der Waals surface area contributed by atoms with Gasteiger partial charge in [0.2, 0.25) is 0 Å². The molecule has 1 aliphatic rings. The maximum atomic E-state index is 8.17. The lowest BCUT2D eigenvalue weighted by molar-refractivity contribution is 0.220. The van der Waals surface area contributed by atoms with E-state index in [9.17, 15) is 0 Å². The first kappa shape index (κ1) is 13.7. The van der Waals surface area contributed by atoms with Crippen LogP contribution in [0.25, 0.3) is 11.1 Å². The molecule has 1 heterocycles. The third kappa shape index (κ3) is 2.77. The third-order valence-corrected chi connectivity index (χ3v) is 3.78. The zero-order chi connectivity index (χ0) is 14.7. The van der Waals surface area contributed by atoms with E-state index < -0.39 is 0 Å². The van der Waals surface area contributed by atoms with Gasteiger partial charge in [0, 0.05) is 13.1 Å². The van der Waals surface area contributed by atoms with Crippen LogP contribution in [0.4, 0.5) is 0 Å². The van der Waals surface area contributed by atoms with Gasteiger partial charge in [-0.05, 0) is 28.7 Å². The highest BCUT2D eigenvalue weighted by Gasteiger charge is 2.21. The average Bonchev–Trinajstić information content (AvgIpc) is 2.69. The number of fused-ring (bicyclic) bond motifs is 3. The SMILES string of the molecule is CCCOC(=N)N1Cc2ccccc2-c2ccccc2C1. The van der Waals surface area contributed by atoms with E-state index in [1.54, 1.807) is 0 Å². The molecule has 3 heteroatoms. The van der Waals surface area contributed by atoms with E-state index in [2.05, 4.69) is 55.5 Å². The van der Waals surface area contributed by atoms with Crippen molar-refractivity contribution in [1.29, 1.82) is 5.41 Å². The van der Waals surface area contributed by atoms with Gasteiger partial charge < -0.3 is 9.64 Å². The molecule has 0 bridgehead atoms. The molecule has 0 unspecified atom stereocenters. The molecule has 1 N–H and O–H groups in total. The van der Waals surface area contributed by atoms with Gasteiger partial charge in [0.25, 0.3) is 6.02 Å². The van der Waals surface area contributed by atoms with Crippen molar-refractivity contribution < 1.29 is 4.74 Å². The number of amidine groups is 1. The Hall–Kier alpha value is -2.29. The molecular weight excluding hydrogens is 260 g/mol. The summed E-state index contributed by atoms with van der Waals surface area (Å²) in [6, 6.07) is 17.1. The Bertz CT molecular complexity index is 604. The molecule has 0 amide bonds. The second-order valence-corrected chi connectivity index (χ2v) is 5.32. The molecule has 0 atom stereocenters. The Morgan fingerprint density at radius 2 is 1.52 bits per heavy atom. The van der Waals surface area contributed by atoms with Gasteiger partial charge in [-0.1, -0.05) is 55.5 Å². The minimum absolute atomic E-state index is 0.267. The van der Waals surface area contributed by atoms with E-state index in [0.29, 0.717) is 19.7 Å². The van der Waals surface area contributed by atoms with Crippen molar-refractivity contribution in [2.45, 2.75) is 26.4 Å². The van der Waals surface area contributed by atoms with E-state index in [0.717, 1.165) is 6.42 Å². The third-order valence-electron chi connectivity index (χ3n) is 3.78. The van der Waals surface area contributed by atoms with Gasteiger partial charge in [0.1, 0.15) is 0 Å². The summed E-state index contributed by atoms with van der Waals surface area (Å²) in [5.41, 5.74) is 5.01. The molecule has 0 saturated heterocycles. The van der Waals surface area contributed by atoms with Crippen molar-refractivity contribution in [2.24, 2.45) is 0 Å². The van der Waals surface area contributed by atoms with Crippen molar-refractivity contribution in [1.82, 2.24) is 4.90 Å². The van der Waals surface area contributed by atoms with Crippen molar-refractivity contribution in [3.05, 3.63) is 59.7 Å². The van der Waals surface area contributed by atoms with Crippen LogP contribution in [0.3, 0.4) is 0 Å². The number of hydrogen-bond acceptors (Lipinski definition) is 2. The van der Waals surface area contributed by atoms with Crippen LogP contribution >= 0.6 is 0 Å². The summed E-state index contributed by atoms with van der Waals surface area (Å²) in [5, 5.41) is 8.17. The maximum absolute atomic E-state index is 8.17. The van der Waals surface area contributed by atoms with Gasteiger partial charge in [-0.25, -0.2) is 0 Å². The monoisotopic (exact) mass is 280 g/mol. The quantitative estimate of drug-likeness (QED) is 0.666. The molecule has 3 nitrogen and oxygen atoms in total. The lowest BCUT2D eigenvalue weighted by Gasteiger charge is -2.23. The number of benzene rings is 2. The minimum Gasteiger partial charge on any atom is -0.465 e. The topological polar surface area (TPSA) is 36.3 Å². The largest absolute Gasteiger partial charge is 0.465 e. The summed E-state index contributed by atoms with van der Waals surface area (Å²) in [4.78, 5) is 2.00. The van der Waals surface area contributed by atoms with E-state index in [1.807, 2.05) is 4.90 Å². The summed E-state index contributed by atoms with van der Waals surface area (Å²) >= 11 is 0. The molecule has 0 fully saturated rings. The van der Waals surface area contributed by atoms with Crippen LogP contribution in [-0.2, 0) is 17.8 Å². The highest BCUT2D eigenvalue weighted by atomic mass is 16.5. The number of nitrogens with one attached hydrogen (secondary N) is 1. The number of ether oxygens (including phenoxy) is 1. The van der Waals surface area contributed by atoms with E-state index in [1.165, 1.54) is 22.3 Å². The first-order valence-electron chi connectivity index (χ1n) is 7.42. The second kappa shape index (κ2) is 6.00. The van der Waals surface area contributed by atoms with Crippen LogP contribution in [0.1, 0.15) is 24.5 Å². The highest BCUT2D eigenvalue weighted by molar-refractivity contribution is 5.76. The fourth-order valence-electron chi connectivity index (χ4n) is 2.74. The molecule has 108 valence electrons. The highest BCUT2D eigenvalue weighted by Crippen LogP contribution is 2.32. The predicted molar refractivity (Wildman–Crippen MR) is 85.1 cm³/mol. The van der Waals surface area contributed by atoms with Crippen molar-refractivity contribution in [2.75, 3.05) is 6.61 Å². The molecule has 1 aliphatic heterocycles. The molecule has 0 spiro atoms. The molecular formula is C18H20N2O. The Labute approximate surface area is 125 Å². The van der Waals surface area contributed by atoms with E-state index in [4.69, 9.17) is 10.1 Å². The van der Waals surface area contributed by atoms with Crippen molar-refractivity contribution in [3.8, 4) is 11.1 Å². The summed E-state index contributed by atoms with van der Waals surface area (Å²) in [7, 11) is 0. The van der Waals surface area contributed by atoms with E-state index >= 15 is 0 Å². The lowest BCUT2D eigenvalue weighted by Crippen LogP contribution is -2.30. The van der Waals surface area contributed by atoms with Gasteiger partial charge >= 0.3 is 0 Å². The Morgan fingerprint density at radius 1 is 1.00 bits per heavy atom. The normalized spacial score (nSPS) is 13.1. The summed E-state index contributed by atoms with van der Waals surface area (Å²) < 4.78 is 5.53. The van der Waals surface area contributed by atoms with Crippen LogP contribution in [-0.4, -0.2) is 17.5 Å². The van der Waals surface area contributed by atoms with Crippen LogP contribution < -0.4 is 0 Å². The van der Waals surface area contributed by atoms with Crippen LogP contribution in [0, 0.1) is 5.41 Å². The fourth-order valence-corrected chi connectivity index (χ4v) is 2.74. The van der Waals surface area contributed by atoms with Crippen molar-refractivity contribution >= 4 is 6.02 Å². The Kier molecular flexibility index (Phi) is 3.91. The molecule has 0 saturated carbocycles. The Balaban J connectivity index is 1.99. The second-order valence-electron chi connectivity index (χ2n) is 5.32. The number of nitrogens with zero attached hydrogens (tertiary/aromatic N) is 1. The fraction of sp³-hybridized carbons (Fsp3) is 0.278. The first-order chi connectivity index (χ1) is 10.3. The van der Waals surface area contributed by atoms with Gasteiger partial charge in [-0.2, -0.15) is 0 Å². The summed E-state index contributed by atoms with van der Waals surface area (Å²) in [6.07, 6.45) is 0.920. The molecule has 0 aromatic heterocycles. The molecule has 2 aromatic carbocycles. The molecule has 0 radical (unpaired) electrons. The number of rotatable bonds is 2. The van der Waals surface area contributed by atoms with Crippen LogP contribution in [0.15, 0.2) is 48.5 Å². The van der Waals surface area contributed by atoms with Crippen LogP contribution in [0.2, 0.25) is 0 Å². The smallest absolute Gasteiger partial charge is 0.284 e. The van der Waals surface area contributed by atoms with E-state index in [-0.39, 0.29) is 6.02 Å². The zero-order valence-corrected chi connectivity index (χ0v) is 12.3. The number of hydrogen-bond donors (Lipinski definition) is 1. The first-order valence-corrected chi connectivity index (χ1v) is 7.42. The van der Waals surface area contributed by atoms with Gasteiger partial charge in [0.05, 0.1) is 6.61 Å². The van der Waals surface area contributed by atoms with Gasteiger partial charge in [0.15, 0.2) is 0 Å². The maximum Gasteiger partial charge on any atom is 0.284 e. The molecule has 0 aliphatic carbocycles. The molecule has 2 aromatic rings. The lowest BCUT2D eigenvalue weighted by atomic mass is 9.97. The Morgan fingerprint density at radius 3 is 2.05 bits per heavy atom. The average molecular weight is 280 g/mol. The van der Waals surface area contributed by atoms with Crippen LogP contribution in [0.5, 0.6) is 0 Å². The summed E-state index contributed by atoms with van der Waals surface area (Å²) in [6.45, 7) is 4.08. The predicted octanol–water partition coefficient (Wildman–Crippen LogP) is 4.03. The van der Waals surface area contributed by atoms with Gasteiger partial charge in [-0.3, -0.25) is 5.41 Å². The standard InChI is InChI=1S/C18H20N2O/c1-2-11-21-18(19)20-12-14-7-3-5-9-16(14)17-10-6-4-8-15(17)13-20/h3-10,19H,2,11-13H2,1H3.